The number of sulfonamides is 1. The molecule has 2 aromatic heterocycles. The van der Waals surface area contributed by atoms with Crippen LogP contribution in [0.15, 0.2) is 120 Å². The molecule has 3 heterocycles. The largest absolute Gasteiger partial charge is 0.469 e. The summed E-state index contributed by atoms with van der Waals surface area (Å²) in [5.41, 5.74) is 2.67. The highest BCUT2D eigenvalue weighted by molar-refractivity contribution is 7.90. The lowest BCUT2D eigenvalue weighted by Gasteiger charge is -2.17. The molecule has 18 heteroatoms. The number of carbonyl (C=O) groups excluding carboxylic acids is 2. The van der Waals surface area contributed by atoms with Crippen molar-refractivity contribution in [2.75, 3.05) is 11.4 Å². The first kappa shape index (κ1) is 37.2. The van der Waals surface area contributed by atoms with Crippen LogP contribution in [0, 0.1) is 0 Å². The van der Waals surface area contributed by atoms with Crippen LogP contribution in [0.2, 0.25) is 20.1 Å². The Hall–Kier alpha value is -4.57. The third kappa shape index (κ3) is 8.38. The van der Waals surface area contributed by atoms with Gasteiger partial charge in [-0.15, -0.1) is 14.5 Å². The molecule has 1 aliphatic heterocycles. The van der Waals surface area contributed by atoms with Gasteiger partial charge in [0.1, 0.15) is 13.2 Å². The molecular formula is C34H24Cl4N6O6S2. The number of imide groups is 1. The molecule has 1 saturated heterocycles. The molecule has 6 aromatic rings. The predicted molar refractivity (Wildman–Crippen MR) is 198 cm³/mol. The smallest absolute Gasteiger partial charge is 0.346 e. The van der Waals surface area contributed by atoms with E-state index >= 15 is 0 Å². The zero-order chi connectivity index (χ0) is 37.0. The predicted octanol–water partition coefficient (Wildman–Crippen LogP) is 7.47. The van der Waals surface area contributed by atoms with Crippen molar-refractivity contribution in [2.45, 2.75) is 22.4 Å². The highest BCUT2D eigenvalue weighted by atomic mass is 35.5. The molecule has 1 unspecified atom stereocenters. The van der Waals surface area contributed by atoms with E-state index in [1.807, 2.05) is 24.3 Å². The second kappa shape index (κ2) is 16.0. The van der Waals surface area contributed by atoms with Gasteiger partial charge in [-0.25, -0.2) is 18.2 Å². The number of urea groups is 1. The summed E-state index contributed by atoms with van der Waals surface area (Å²) in [5.74, 6) is -0.263. The molecule has 7 rings (SSSR count). The first-order valence-corrected chi connectivity index (χ1v) is 19.3. The van der Waals surface area contributed by atoms with Crippen LogP contribution in [0.5, 0.6) is 5.88 Å². The number of ether oxygens (including phenoxy) is 1. The lowest BCUT2D eigenvalue weighted by Crippen LogP contribution is -2.38. The van der Waals surface area contributed by atoms with Gasteiger partial charge < -0.3 is 4.74 Å². The SMILES string of the molecule is O=C1CN(c2ccc(Cl)cc2)C(=O)N1S(=O)(=O)c1ccc(Cl)cc1.O=S(Cc1ccc(Cl)cc1)c1nnc(OCc2ccc(Cl)cc2)c2nccn12. The van der Waals surface area contributed by atoms with E-state index in [2.05, 4.69) is 15.2 Å². The molecule has 3 amide bonds. The van der Waals surface area contributed by atoms with Crippen LogP contribution >= 0.6 is 46.4 Å². The first-order chi connectivity index (χ1) is 24.9. The minimum atomic E-state index is -4.30. The van der Waals surface area contributed by atoms with E-state index in [0.29, 0.717) is 48.9 Å². The summed E-state index contributed by atoms with van der Waals surface area (Å²) in [7, 11) is -5.70. The number of fused-ring (bicyclic) bond motifs is 1. The summed E-state index contributed by atoms with van der Waals surface area (Å²) >= 11 is 23.3. The minimum absolute atomic E-state index is 0.188. The fraction of sp³-hybridized carbons (Fsp3) is 0.0882. The number of hydrogen-bond acceptors (Lipinski definition) is 9. The monoisotopic (exact) mass is 816 g/mol. The molecule has 1 atom stereocenters. The van der Waals surface area contributed by atoms with E-state index in [-0.39, 0.29) is 21.6 Å². The number of benzene rings is 4. The number of amides is 3. The third-order valence-corrected chi connectivity index (χ3v) is 11.4. The molecule has 0 bridgehead atoms. The quantitative estimate of drug-likeness (QED) is 0.136. The van der Waals surface area contributed by atoms with Crippen LogP contribution in [-0.2, 0) is 38.0 Å². The average Bonchev–Trinajstić information content (AvgIpc) is 3.74. The van der Waals surface area contributed by atoms with Gasteiger partial charge in [0.2, 0.25) is 10.8 Å². The summed E-state index contributed by atoms with van der Waals surface area (Å²) in [6.07, 6.45) is 3.28. The maximum absolute atomic E-state index is 12.8. The first-order valence-electron chi connectivity index (χ1n) is 15.0. The summed E-state index contributed by atoms with van der Waals surface area (Å²) in [5, 5.41) is 10.6. The maximum atomic E-state index is 12.8. The molecule has 1 aliphatic rings. The molecule has 12 nitrogen and oxygen atoms in total. The fourth-order valence-electron chi connectivity index (χ4n) is 4.83. The molecule has 266 valence electrons. The molecule has 0 spiro atoms. The van der Waals surface area contributed by atoms with Gasteiger partial charge in [0, 0.05) is 38.2 Å². The van der Waals surface area contributed by atoms with Gasteiger partial charge in [-0.3, -0.25) is 18.3 Å². The van der Waals surface area contributed by atoms with Crippen LogP contribution in [0.3, 0.4) is 0 Å². The van der Waals surface area contributed by atoms with Gasteiger partial charge in [0.15, 0.2) is 0 Å². The van der Waals surface area contributed by atoms with Gasteiger partial charge >= 0.3 is 6.03 Å². The Kier molecular flexibility index (Phi) is 11.4. The number of imidazole rings is 1. The molecule has 0 radical (unpaired) electrons. The van der Waals surface area contributed by atoms with Crippen molar-refractivity contribution in [2.24, 2.45) is 0 Å². The Morgan fingerprint density at radius 3 is 1.87 bits per heavy atom. The molecule has 0 saturated carbocycles. The second-order valence-corrected chi connectivity index (χ2v) is 15.8. The van der Waals surface area contributed by atoms with E-state index < -0.39 is 32.8 Å². The number of rotatable bonds is 9. The number of carbonyl (C=O) groups is 2. The van der Waals surface area contributed by atoms with E-state index in [0.717, 1.165) is 16.0 Å². The van der Waals surface area contributed by atoms with Crippen molar-refractivity contribution in [3.05, 3.63) is 141 Å². The number of halogens is 4. The Labute approximate surface area is 320 Å². The average molecular weight is 819 g/mol. The number of hydrogen-bond donors (Lipinski definition) is 0. The van der Waals surface area contributed by atoms with Crippen molar-refractivity contribution in [3.8, 4) is 5.88 Å². The number of anilines is 1. The molecule has 52 heavy (non-hydrogen) atoms. The van der Waals surface area contributed by atoms with Crippen LogP contribution in [-0.4, -0.2) is 55.0 Å². The Balaban J connectivity index is 0.000000181. The maximum Gasteiger partial charge on any atom is 0.346 e. The molecule has 1 fully saturated rings. The topological polar surface area (TPSA) is 144 Å². The zero-order valence-corrected chi connectivity index (χ0v) is 31.1. The highest BCUT2D eigenvalue weighted by Crippen LogP contribution is 2.28. The van der Waals surface area contributed by atoms with Crippen molar-refractivity contribution >= 4 is 90.5 Å². The lowest BCUT2D eigenvalue weighted by molar-refractivity contribution is -0.121. The van der Waals surface area contributed by atoms with E-state index in [1.54, 1.807) is 53.2 Å². The van der Waals surface area contributed by atoms with Crippen molar-refractivity contribution in [3.63, 3.8) is 0 Å². The molecule has 0 aliphatic carbocycles. The van der Waals surface area contributed by atoms with Crippen LogP contribution < -0.4 is 9.64 Å². The van der Waals surface area contributed by atoms with Crippen molar-refractivity contribution in [1.82, 2.24) is 23.9 Å². The number of aromatic nitrogens is 4. The van der Waals surface area contributed by atoms with Gasteiger partial charge in [0.05, 0.1) is 21.4 Å². The third-order valence-electron chi connectivity index (χ3n) is 7.38. The Bertz CT molecular complexity index is 2380. The summed E-state index contributed by atoms with van der Waals surface area (Å²) < 4.78 is 45.6. The van der Waals surface area contributed by atoms with Gasteiger partial charge in [0.25, 0.3) is 21.8 Å². The van der Waals surface area contributed by atoms with Crippen LogP contribution in [0.4, 0.5) is 10.5 Å². The second-order valence-electron chi connectivity index (χ2n) is 10.9. The Morgan fingerprint density at radius 1 is 0.731 bits per heavy atom. The summed E-state index contributed by atoms with van der Waals surface area (Å²) in [6, 6.07) is 25.0. The number of nitrogens with zero attached hydrogens (tertiary/aromatic N) is 6. The highest BCUT2D eigenvalue weighted by Gasteiger charge is 2.45. The van der Waals surface area contributed by atoms with Crippen molar-refractivity contribution < 1.29 is 27.0 Å². The normalized spacial score (nSPS) is 13.6. The van der Waals surface area contributed by atoms with E-state index in [9.17, 15) is 22.2 Å². The van der Waals surface area contributed by atoms with Crippen LogP contribution in [0.1, 0.15) is 11.1 Å². The van der Waals surface area contributed by atoms with Gasteiger partial charge in [-0.05, 0) is 83.9 Å². The fourth-order valence-corrected chi connectivity index (χ4v) is 7.78. The molecule has 4 aromatic carbocycles. The molecular weight excluding hydrogens is 794 g/mol. The summed E-state index contributed by atoms with van der Waals surface area (Å²) in [6.45, 7) is -0.0745. The lowest BCUT2D eigenvalue weighted by atomic mass is 10.2. The van der Waals surface area contributed by atoms with Crippen molar-refractivity contribution in [1.29, 1.82) is 0 Å². The molecule has 0 N–H and O–H groups in total. The Morgan fingerprint density at radius 2 is 1.27 bits per heavy atom. The van der Waals surface area contributed by atoms with Gasteiger partial charge in [-0.1, -0.05) is 70.7 Å². The minimum Gasteiger partial charge on any atom is -0.469 e. The van der Waals surface area contributed by atoms with Gasteiger partial charge in [-0.2, -0.15) is 0 Å². The van der Waals surface area contributed by atoms with E-state index in [4.69, 9.17) is 51.1 Å². The summed E-state index contributed by atoms with van der Waals surface area (Å²) in [4.78, 5) is 29.8. The standard InChI is InChI=1S/C19H14Cl2N4O2S.C15H10Cl2N2O4S/c20-15-5-1-13(2-6-15)11-27-18-17-22-9-10-25(17)19(24-23-18)28(26)12-14-3-7-16(21)8-4-14;16-10-1-5-12(6-2-10)18-9-14(20)19(15(18)21)24(22,23)13-7-3-11(17)4-8-13/h1-10H,11-12H2;1-8H,9H2. The van der Waals surface area contributed by atoms with Crippen LogP contribution in [0.25, 0.3) is 5.65 Å². The van der Waals surface area contributed by atoms with E-state index in [1.165, 1.54) is 36.4 Å². The zero-order valence-electron chi connectivity index (χ0n) is 26.5.